The Morgan fingerprint density at radius 1 is 0.447 bits per heavy atom. The highest BCUT2D eigenvalue weighted by Gasteiger charge is 2.39. The van der Waals surface area contributed by atoms with Gasteiger partial charge in [0.05, 0.1) is 31.7 Å². The zero-order valence-electron chi connectivity index (χ0n) is 45.3. The molecule has 0 bridgehead atoms. The van der Waals surface area contributed by atoms with Crippen LogP contribution in [0.3, 0.4) is 0 Å². The molecule has 6 aromatic carbocycles. The van der Waals surface area contributed by atoms with Crippen molar-refractivity contribution in [2.75, 3.05) is 37.0 Å². The van der Waals surface area contributed by atoms with Gasteiger partial charge in [0.2, 0.25) is 43.5 Å². The number of carbonyl (C=O) groups excluding carboxylic acids is 3. The summed E-state index contributed by atoms with van der Waals surface area (Å²) < 4.78 is 191. The van der Waals surface area contributed by atoms with Crippen molar-refractivity contribution in [1.29, 1.82) is 0 Å². The van der Waals surface area contributed by atoms with Crippen LogP contribution < -0.4 is 15.3 Å². The number of hydroxylamine groups is 1. The third-order valence-electron chi connectivity index (χ3n) is 14.8. The van der Waals surface area contributed by atoms with Crippen LogP contribution in [0.1, 0.15) is 119 Å². The van der Waals surface area contributed by atoms with E-state index in [2.05, 4.69) is 0 Å². The van der Waals surface area contributed by atoms with Gasteiger partial charge in [-0.3, -0.25) is 19.6 Å². The number of amides is 3. The first kappa shape index (κ1) is 64.8. The number of hydrogen-bond donors (Lipinski definition) is 3. The number of carbonyl (C=O) groups is 4. The lowest BCUT2D eigenvalue weighted by atomic mass is 9.84. The van der Waals surface area contributed by atoms with Crippen molar-refractivity contribution in [3.05, 3.63) is 189 Å². The van der Waals surface area contributed by atoms with Crippen LogP contribution >= 0.6 is 0 Å². The molecule has 0 atom stereocenters. The SMILES string of the molecule is CN(CC(=O)N(Cc1ccc(C2CCCCC2)cc1)c1ccc(C(=O)NO)cc1)S(=O)(=O)c1c(F)c(F)c(F)c(F)c1F.CN(CC(=O)N(Cc1ccc(C2CCCCC2)cc1)c1ccc(C(=O)O)cc1)S(=O)(=O)c1c(F)c(F)c(F)c(F)c1F. The maximum absolute atomic E-state index is 14.3. The third kappa shape index (κ3) is 14.5. The number of sulfonamides is 2. The fraction of sp³-hybridized carbons (Fsp3) is 0.310. The van der Waals surface area contributed by atoms with Crippen LogP contribution in [0.15, 0.2) is 107 Å². The monoisotopic (exact) mass is 1240 g/mol. The summed E-state index contributed by atoms with van der Waals surface area (Å²) in [5.41, 5.74) is 5.41. The van der Waals surface area contributed by atoms with E-state index in [0.717, 1.165) is 86.4 Å². The number of likely N-dealkylation sites (N-methyl/N-ethyl adjacent to an activating group) is 2. The average molecular weight is 1240 g/mol. The lowest BCUT2D eigenvalue weighted by Crippen LogP contribution is -2.41. The Hall–Kier alpha value is -7.72. The van der Waals surface area contributed by atoms with E-state index < -0.39 is 125 Å². The highest BCUT2D eigenvalue weighted by Crippen LogP contribution is 2.36. The molecule has 0 spiro atoms. The maximum Gasteiger partial charge on any atom is 0.335 e. The lowest BCUT2D eigenvalue weighted by molar-refractivity contribution is -0.119. The Labute approximate surface area is 482 Å². The van der Waals surface area contributed by atoms with Gasteiger partial charge in [0.25, 0.3) is 5.91 Å². The van der Waals surface area contributed by atoms with Gasteiger partial charge in [-0.2, -0.15) is 8.61 Å². The predicted octanol–water partition coefficient (Wildman–Crippen LogP) is 11.4. The number of nitrogens with one attached hydrogen (secondary N) is 1. The van der Waals surface area contributed by atoms with Crippen molar-refractivity contribution in [3.8, 4) is 0 Å². The second-order valence-electron chi connectivity index (χ2n) is 20.3. The van der Waals surface area contributed by atoms with Gasteiger partial charge >= 0.3 is 5.97 Å². The summed E-state index contributed by atoms with van der Waals surface area (Å²) in [6.07, 6.45) is 11.2. The molecule has 6 aromatic rings. The Bertz CT molecular complexity index is 3630. The normalized spacial score (nSPS) is 14.2. The number of benzene rings is 6. The van der Waals surface area contributed by atoms with Crippen molar-refractivity contribution in [2.45, 2.75) is 98.9 Å². The summed E-state index contributed by atoms with van der Waals surface area (Å²) in [7, 11) is -9.23. The van der Waals surface area contributed by atoms with Crippen LogP contribution in [0.2, 0.25) is 0 Å². The van der Waals surface area contributed by atoms with Gasteiger partial charge in [0.1, 0.15) is 0 Å². The van der Waals surface area contributed by atoms with Gasteiger partial charge in [-0.05, 0) is 108 Å². The summed E-state index contributed by atoms with van der Waals surface area (Å²) in [6.45, 7) is -2.26. The standard InChI is InChI=1S/C29H28F5N3O5S.C29H27F5N2O5S/c1-36(43(41,42)28-26(33)24(31)23(30)25(32)27(28)34)16-22(38)37(21-13-11-20(12-14-21)29(39)35-40)15-17-7-9-19(10-8-17)18-5-3-2-4-6-18;1-35(42(40,41)28-26(33)24(31)23(30)25(32)27(28)34)16-22(37)36(21-13-11-20(12-14-21)29(38)39)15-17-7-9-19(10-8-17)18-5-3-2-4-6-18/h7-14,18,40H,2-6,15-16H2,1H3,(H,35,39);7-14,18H,2-6,15-16H2,1H3,(H,38,39). The molecule has 0 saturated heterocycles. The summed E-state index contributed by atoms with van der Waals surface area (Å²) in [4.78, 5) is 48.1. The predicted molar refractivity (Wildman–Crippen MR) is 288 cm³/mol. The molecule has 2 aliphatic carbocycles. The molecule has 2 fully saturated rings. The van der Waals surface area contributed by atoms with Crippen LogP contribution in [-0.4, -0.2) is 86.6 Å². The molecule has 0 radical (unpaired) electrons. The van der Waals surface area contributed by atoms with Gasteiger partial charge in [-0.25, -0.2) is 71.0 Å². The molecule has 3 N–H and O–H groups in total. The number of hydrogen-bond acceptors (Lipinski definition) is 9. The first-order valence-electron chi connectivity index (χ1n) is 26.3. The van der Waals surface area contributed by atoms with E-state index in [1.54, 1.807) is 0 Å². The molecule has 15 nitrogen and oxygen atoms in total. The molecule has 2 saturated carbocycles. The first-order chi connectivity index (χ1) is 40.2. The van der Waals surface area contributed by atoms with E-state index in [0.29, 0.717) is 23.0 Å². The van der Waals surface area contributed by atoms with Crippen molar-refractivity contribution in [2.24, 2.45) is 0 Å². The van der Waals surface area contributed by atoms with E-state index in [9.17, 15) is 85.0 Å². The van der Waals surface area contributed by atoms with E-state index in [1.807, 2.05) is 48.5 Å². The van der Waals surface area contributed by atoms with Crippen LogP contribution in [0.5, 0.6) is 0 Å². The molecular weight excluding hydrogens is 1180 g/mol. The van der Waals surface area contributed by atoms with Gasteiger partial charge in [0, 0.05) is 31.0 Å². The summed E-state index contributed by atoms with van der Waals surface area (Å²) >= 11 is 0. The van der Waals surface area contributed by atoms with Crippen LogP contribution in [0.4, 0.5) is 55.3 Å². The number of carboxylic acids is 1. The van der Waals surface area contributed by atoms with E-state index in [1.165, 1.54) is 66.9 Å². The summed E-state index contributed by atoms with van der Waals surface area (Å²) in [6, 6.07) is 25.5. The molecule has 27 heteroatoms. The Balaban J connectivity index is 0.000000244. The molecule has 2 aliphatic rings. The minimum atomic E-state index is -5.38. The van der Waals surface area contributed by atoms with Crippen molar-refractivity contribution < 1.29 is 90.2 Å². The number of carboxylic acid groups (broad SMARTS) is 1. The first-order valence-corrected chi connectivity index (χ1v) is 29.2. The van der Waals surface area contributed by atoms with Gasteiger partial charge < -0.3 is 14.9 Å². The number of aromatic carboxylic acids is 1. The highest BCUT2D eigenvalue weighted by molar-refractivity contribution is 7.89. The minimum Gasteiger partial charge on any atom is -0.478 e. The van der Waals surface area contributed by atoms with Gasteiger partial charge in [-0.15, -0.1) is 0 Å². The number of nitrogens with zero attached hydrogens (tertiary/aromatic N) is 4. The number of anilines is 2. The largest absolute Gasteiger partial charge is 0.478 e. The second kappa shape index (κ2) is 27.5. The third-order valence-corrected chi connectivity index (χ3v) is 18.4. The molecule has 0 heterocycles. The van der Waals surface area contributed by atoms with E-state index in [4.69, 9.17) is 5.21 Å². The van der Waals surface area contributed by atoms with Gasteiger partial charge in [0.15, 0.2) is 56.3 Å². The Morgan fingerprint density at radius 3 is 1.04 bits per heavy atom. The van der Waals surface area contributed by atoms with Crippen LogP contribution in [0, 0.1) is 58.2 Å². The fourth-order valence-corrected chi connectivity index (χ4v) is 12.4. The summed E-state index contributed by atoms with van der Waals surface area (Å²) in [5.74, 6) is -28.0. The zero-order chi connectivity index (χ0) is 62.2. The van der Waals surface area contributed by atoms with Gasteiger partial charge in [-0.1, -0.05) is 87.1 Å². The molecule has 0 aromatic heterocycles. The molecule has 454 valence electrons. The van der Waals surface area contributed by atoms with E-state index in [-0.39, 0.29) is 44.2 Å². The van der Waals surface area contributed by atoms with Crippen LogP contribution in [-0.2, 0) is 42.7 Å². The molecule has 85 heavy (non-hydrogen) atoms. The maximum atomic E-state index is 14.3. The highest BCUT2D eigenvalue weighted by atomic mass is 32.2. The fourth-order valence-electron chi connectivity index (χ4n) is 9.97. The molecule has 0 aliphatic heterocycles. The Kier molecular flexibility index (Phi) is 21.0. The lowest BCUT2D eigenvalue weighted by Gasteiger charge is -2.27. The number of halogens is 10. The minimum absolute atomic E-state index is 0.0430. The molecule has 3 amide bonds. The average Bonchev–Trinajstić information content (AvgIpc) is 1.16. The smallest absolute Gasteiger partial charge is 0.335 e. The van der Waals surface area contributed by atoms with Crippen molar-refractivity contribution >= 4 is 55.1 Å². The van der Waals surface area contributed by atoms with Crippen molar-refractivity contribution in [3.63, 3.8) is 0 Å². The molecule has 0 unspecified atom stereocenters. The molecule has 8 rings (SSSR count). The summed E-state index contributed by atoms with van der Waals surface area (Å²) in [5, 5.41) is 18.1. The number of rotatable bonds is 18. The second-order valence-corrected chi connectivity index (χ2v) is 24.2. The zero-order valence-corrected chi connectivity index (χ0v) is 47.0. The topological polar surface area (TPSA) is 202 Å². The van der Waals surface area contributed by atoms with Crippen molar-refractivity contribution in [1.82, 2.24) is 14.1 Å². The Morgan fingerprint density at radius 2 is 0.741 bits per heavy atom. The van der Waals surface area contributed by atoms with E-state index >= 15 is 0 Å². The van der Waals surface area contributed by atoms with Crippen LogP contribution in [0.25, 0.3) is 0 Å². The molecular formula is C58H55F10N5O10S2. The quantitative estimate of drug-likeness (QED) is 0.0244.